The van der Waals surface area contributed by atoms with Crippen molar-refractivity contribution in [2.75, 3.05) is 26.7 Å². The first-order chi connectivity index (χ1) is 8.58. The lowest BCUT2D eigenvalue weighted by atomic mass is 10.1. The van der Waals surface area contributed by atoms with E-state index in [0.29, 0.717) is 12.3 Å². The SMILES string of the molecule is CN(CC(=O)N1CCCC1)C(=O)CC(N)C1CC1. The average Bonchev–Trinajstić information content (AvgIpc) is 3.04. The van der Waals surface area contributed by atoms with E-state index in [9.17, 15) is 9.59 Å². The zero-order chi connectivity index (χ0) is 13.1. The molecule has 0 aromatic heterocycles. The fourth-order valence-electron chi connectivity index (χ4n) is 2.41. The van der Waals surface area contributed by atoms with Gasteiger partial charge in [-0.2, -0.15) is 0 Å². The number of hydrogen-bond donors (Lipinski definition) is 1. The highest BCUT2D eigenvalue weighted by Gasteiger charge is 2.31. The largest absolute Gasteiger partial charge is 0.341 e. The van der Waals surface area contributed by atoms with Crippen LogP contribution >= 0.6 is 0 Å². The molecule has 0 aromatic rings. The molecule has 0 aromatic carbocycles. The second-order valence-corrected chi connectivity index (χ2v) is 5.54. The molecule has 1 aliphatic heterocycles. The zero-order valence-corrected chi connectivity index (χ0v) is 11.1. The van der Waals surface area contributed by atoms with Crippen molar-refractivity contribution in [2.24, 2.45) is 11.7 Å². The molecule has 2 rings (SSSR count). The summed E-state index contributed by atoms with van der Waals surface area (Å²) in [5.41, 5.74) is 5.93. The summed E-state index contributed by atoms with van der Waals surface area (Å²) < 4.78 is 0. The van der Waals surface area contributed by atoms with Gasteiger partial charge in [-0.1, -0.05) is 0 Å². The van der Waals surface area contributed by atoms with Crippen LogP contribution < -0.4 is 5.73 Å². The van der Waals surface area contributed by atoms with E-state index in [2.05, 4.69) is 0 Å². The van der Waals surface area contributed by atoms with Crippen LogP contribution in [0.4, 0.5) is 0 Å². The summed E-state index contributed by atoms with van der Waals surface area (Å²) in [7, 11) is 1.69. The number of carbonyl (C=O) groups excluding carboxylic acids is 2. The number of rotatable bonds is 5. The highest BCUT2D eigenvalue weighted by Crippen LogP contribution is 2.32. The number of carbonyl (C=O) groups is 2. The van der Waals surface area contributed by atoms with Crippen molar-refractivity contribution in [1.82, 2.24) is 9.80 Å². The summed E-state index contributed by atoms with van der Waals surface area (Å²) in [6, 6.07) is -0.0261. The van der Waals surface area contributed by atoms with Crippen molar-refractivity contribution in [2.45, 2.75) is 38.1 Å². The average molecular weight is 253 g/mol. The summed E-state index contributed by atoms with van der Waals surface area (Å²) in [5, 5.41) is 0. The summed E-state index contributed by atoms with van der Waals surface area (Å²) in [4.78, 5) is 27.2. The van der Waals surface area contributed by atoms with Gasteiger partial charge >= 0.3 is 0 Å². The number of hydrogen-bond acceptors (Lipinski definition) is 3. The Morgan fingerprint density at radius 1 is 1.33 bits per heavy atom. The van der Waals surface area contributed by atoms with Crippen LogP contribution in [0.5, 0.6) is 0 Å². The van der Waals surface area contributed by atoms with E-state index >= 15 is 0 Å². The van der Waals surface area contributed by atoms with Gasteiger partial charge in [0.2, 0.25) is 11.8 Å². The molecule has 1 saturated heterocycles. The predicted molar refractivity (Wildman–Crippen MR) is 68.8 cm³/mol. The smallest absolute Gasteiger partial charge is 0.242 e. The number of likely N-dealkylation sites (tertiary alicyclic amines) is 1. The van der Waals surface area contributed by atoms with Gasteiger partial charge in [-0.05, 0) is 31.6 Å². The van der Waals surface area contributed by atoms with Crippen LogP contribution in [-0.4, -0.2) is 54.3 Å². The standard InChI is InChI=1S/C13H23N3O2/c1-15(9-13(18)16-6-2-3-7-16)12(17)8-11(14)10-4-5-10/h10-11H,2-9,14H2,1H3. The van der Waals surface area contributed by atoms with Crippen LogP contribution in [0.3, 0.4) is 0 Å². The first-order valence-corrected chi connectivity index (χ1v) is 6.85. The molecule has 2 N–H and O–H groups in total. The van der Waals surface area contributed by atoms with Gasteiger partial charge in [-0.3, -0.25) is 9.59 Å². The number of likely N-dealkylation sites (N-methyl/N-ethyl adjacent to an activating group) is 1. The summed E-state index contributed by atoms with van der Waals surface area (Å²) >= 11 is 0. The monoisotopic (exact) mass is 253 g/mol. The van der Waals surface area contributed by atoms with Crippen molar-refractivity contribution >= 4 is 11.8 Å². The lowest BCUT2D eigenvalue weighted by Gasteiger charge is -2.22. The van der Waals surface area contributed by atoms with Gasteiger partial charge in [0.15, 0.2) is 0 Å². The Bertz CT molecular complexity index is 322. The molecule has 18 heavy (non-hydrogen) atoms. The molecule has 2 aliphatic rings. The maximum absolute atomic E-state index is 11.9. The first-order valence-electron chi connectivity index (χ1n) is 6.85. The van der Waals surface area contributed by atoms with Gasteiger partial charge in [0.25, 0.3) is 0 Å². The molecule has 0 spiro atoms. The van der Waals surface area contributed by atoms with Gasteiger partial charge in [-0.15, -0.1) is 0 Å². The van der Waals surface area contributed by atoms with Crippen LogP contribution in [0, 0.1) is 5.92 Å². The van der Waals surface area contributed by atoms with Crippen LogP contribution in [-0.2, 0) is 9.59 Å². The van der Waals surface area contributed by atoms with E-state index in [1.54, 1.807) is 7.05 Å². The Balaban J connectivity index is 1.73. The third kappa shape index (κ3) is 3.45. The predicted octanol–water partition coefficient (Wildman–Crippen LogP) is 0.195. The molecule has 1 atom stereocenters. The lowest BCUT2D eigenvalue weighted by Crippen LogP contribution is -2.41. The third-order valence-electron chi connectivity index (χ3n) is 3.89. The molecule has 1 unspecified atom stereocenters. The summed E-state index contributed by atoms with van der Waals surface area (Å²) in [5.74, 6) is 0.571. The molecule has 0 radical (unpaired) electrons. The quantitative estimate of drug-likeness (QED) is 0.761. The van der Waals surface area contributed by atoms with Crippen molar-refractivity contribution in [1.29, 1.82) is 0 Å². The molecular weight excluding hydrogens is 230 g/mol. The summed E-state index contributed by atoms with van der Waals surface area (Å²) in [6.07, 6.45) is 4.82. The molecule has 102 valence electrons. The van der Waals surface area contributed by atoms with E-state index in [1.807, 2.05) is 4.90 Å². The minimum Gasteiger partial charge on any atom is -0.341 e. The maximum atomic E-state index is 11.9. The van der Waals surface area contributed by atoms with Gasteiger partial charge in [0, 0.05) is 32.6 Å². The van der Waals surface area contributed by atoms with E-state index in [-0.39, 0.29) is 24.4 Å². The minimum absolute atomic E-state index is 0.0121. The summed E-state index contributed by atoms with van der Waals surface area (Å²) in [6.45, 7) is 1.86. The Labute approximate surface area is 108 Å². The van der Waals surface area contributed by atoms with Gasteiger partial charge < -0.3 is 15.5 Å². The molecule has 1 heterocycles. The normalized spacial score (nSPS) is 20.9. The van der Waals surface area contributed by atoms with Crippen LogP contribution in [0.25, 0.3) is 0 Å². The Morgan fingerprint density at radius 2 is 1.94 bits per heavy atom. The van der Waals surface area contributed by atoms with E-state index in [1.165, 1.54) is 4.90 Å². The van der Waals surface area contributed by atoms with Crippen molar-refractivity contribution in [3.8, 4) is 0 Å². The number of nitrogens with two attached hydrogens (primary N) is 1. The van der Waals surface area contributed by atoms with Crippen LogP contribution in [0.15, 0.2) is 0 Å². The molecule has 0 bridgehead atoms. The van der Waals surface area contributed by atoms with Gasteiger partial charge in [0.05, 0.1) is 6.54 Å². The Hall–Kier alpha value is -1.10. The Kier molecular flexibility index (Phi) is 4.22. The van der Waals surface area contributed by atoms with Crippen molar-refractivity contribution < 1.29 is 9.59 Å². The fraction of sp³-hybridized carbons (Fsp3) is 0.846. The highest BCUT2D eigenvalue weighted by molar-refractivity contribution is 5.85. The Morgan fingerprint density at radius 3 is 2.50 bits per heavy atom. The van der Waals surface area contributed by atoms with Crippen molar-refractivity contribution in [3.05, 3.63) is 0 Å². The molecule has 2 fully saturated rings. The second-order valence-electron chi connectivity index (χ2n) is 5.54. The zero-order valence-electron chi connectivity index (χ0n) is 11.1. The fourth-order valence-corrected chi connectivity index (χ4v) is 2.41. The second kappa shape index (κ2) is 5.69. The molecule has 1 aliphatic carbocycles. The highest BCUT2D eigenvalue weighted by atomic mass is 16.2. The molecular formula is C13H23N3O2. The minimum atomic E-state index is -0.0261. The van der Waals surface area contributed by atoms with E-state index in [4.69, 9.17) is 5.73 Å². The molecule has 1 saturated carbocycles. The van der Waals surface area contributed by atoms with Gasteiger partial charge in [0.1, 0.15) is 0 Å². The van der Waals surface area contributed by atoms with Crippen LogP contribution in [0.2, 0.25) is 0 Å². The van der Waals surface area contributed by atoms with Crippen molar-refractivity contribution in [3.63, 3.8) is 0 Å². The van der Waals surface area contributed by atoms with Crippen LogP contribution in [0.1, 0.15) is 32.1 Å². The maximum Gasteiger partial charge on any atom is 0.242 e. The third-order valence-corrected chi connectivity index (χ3v) is 3.89. The molecule has 5 heteroatoms. The number of nitrogens with zero attached hydrogens (tertiary/aromatic N) is 2. The van der Waals surface area contributed by atoms with E-state index < -0.39 is 0 Å². The van der Waals surface area contributed by atoms with Gasteiger partial charge in [-0.25, -0.2) is 0 Å². The molecule has 5 nitrogen and oxygen atoms in total. The first kappa shape index (κ1) is 13.3. The topological polar surface area (TPSA) is 66.6 Å². The lowest BCUT2D eigenvalue weighted by molar-refractivity contribution is -0.139. The van der Waals surface area contributed by atoms with E-state index in [0.717, 1.165) is 38.8 Å². The molecule has 2 amide bonds. The number of amides is 2.